The van der Waals surface area contributed by atoms with Crippen molar-refractivity contribution in [2.24, 2.45) is 0 Å². The van der Waals surface area contributed by atoms with Crippen molar-refractivity contribution in [2.75, 3.05) is 23.9 Å². The maximum atomic E-state index is 13.6. The van der Waals surface area contributed by atoms with Crippen LogP contribution < -0.4 is 15.0 Å². The summed E-state index contributed by atoms with van der Waals surface area (Å²) in [5, 5.41) is 3.22. The van der Waals surface area contributed by atoms with Gasteiger partial charge in [0.1, 0.15) is 0 Å². The van der Waals surface area contributed by atoms with Crippen molar-refractivity contribution in [2.45, 2.75) is 82.6 Å². The molecule has 8 nitrogen and oxygen atoms in total. The van der Waals surface area contributed by atoms with Crippen molar-refractivity contribution in [3.63, 3.8) is 0 Å². The zero-order valence-corrected chi connectivity index (χ0v) is 26.6. The molecule has 1 amide bonds. The highest BCUT2D eigenvalue weighted by Gasteiger charge is 2.39. The third kappa shape index (κ3) is 8.34. The Kier molecular flexibility index (Phi) is 11.0. The summed E-state index contributed by atoms with van der Waals surface area (Å²) in [4.78, 5) is 28.1. The van der Waals surface area contributed by atoms with E-state index in [9.17, 15) is 31.1 Å². The van der Waals surface area contributed by atoms with Crippen LogP contribution >= 0.6 is 12.6 Å². The van der Waals surface area contributed by atoms with E-state index in [1.807, 2.05) is 13.8 Å². The number of pyridine rings is 1. The number of alkyl halides is 6. The van der Waals surface area contributed by atoms with Crippen molar-refractivity contribution >= 4 is 30.4 Å². The van der Waals surface area contributed by atoms with Crippen LogP contribution in [0.25, 0.3) is 0 Å². The Morgan fingerprint density at radius 2 is 1.76 bits per heavy atom. The average Bonchev–Trinajstić information content (AvgIpc) is 2.99. The van der Waals surface area contributed by atoms with Gasteiger partial charge in [0.2, 0.25) is 11.8 Å². The van der Waals surface area contributed by atoms with Crippen molar-refractivity contribution in [1.82, 2.24) is 15.0 Å². The number of hydrogen-bond acceptors (Lipinski definition) is 8. The quantitative estimate of drug-likeness (QED) is 0.167. The van der Waals surface area contributed by atoms with Crippen LogP contribution in [-0.2, 0) is 29.9 Å². The third-order valence-electron chi connectivity index (χ3n) is 7.59. The zero-order valence-electron chi connectivity index (χ0n) is 25.7. The summed E-state index contributed by atoms with van der Waals surface area (Å²) in [6.07, 6.45) is -7.33. The number of benzene rings is 1. The Bertz CT molecular complexity index is 1500. The number of ether oxygens (including phenoxy) is 2. The van der Waals surface area contributed by atoms with E-state index in [4.69, 9.17) is 9.47 Å². The molecule has 3 aromatic rings. The molecule has 2 aromatic heterocycles. The van der Waals surface area contributed by atoms with Crippen LogP contribution in [0.1, 0.15) is 79.7 Å². The number of amides is 1. The van der Waals surface area contributed by atoms with Gasteiger partial charge < -0.3 is 14.8 Å². The van der Waals surface area contributed by atoms with Crippen LogP contribution in [0, 0.1) is 0 Å². The second-order valence-corrected chi connectivity index (χ2v) is 11.8. The Labute approximate surface area is 268 Å². The first-order chi connectivity index (χ1) is 21.6. The molecule has 0 saturated heterocycles. The van der Waals surface area contributed by atoms with Gasteiger partial charge in [0.05, 0.1) is 48.0 Å². The molecular weight excluding hydrogens is 636 g/mol. The number of nitrogens with zero attached hydrogens (tertiary/aromatic N) is 4. The van der Waals surface area contributed by atoms with Crippen molar-refractivity contribution in [3.05, 3.63) is 70.2 Å². The SMILES string of the molecule is CCOC(=O)N1c2ccc(OC)nc2[C@@H](Nc2ncc(CCC(C)S)c(Cc3cc(C(F)(F)F)cc(C(F)(F)F)c3)n2)C[C@H]1CC. The minimum absolute atomic E-state index is 0.0239. The minimum Gasteiger partial charge on any atom is -0.481 e. The highest BCUT2D eigenvalue weighted by Crippen LogP contribution is 2.41. The number of rotatable bonds is 10. The zero-order chi connectivity index (χ0) is 33.8. The molecule has 1 aliphatic rings. The standard InChI is InChI=1S/C31H35F6N5O3S/c1-5-22-15-24(27-25(9-10-26(41-27)44-4)42(22)29(43)45-6-2)40-28-38-16-19(8-7-17(3)46)23(39-28)13-18-11-20(30(32,33)34)14-21(12-18)31(35,36)37/h9-12,14,16-17,22,24,46H,5-8,13,15H2,1-4H3,(H,38,39,40)/t17?,22-,24+/m1/s1. The number of thiol groups is 1. The minimum atomic E-state index is -4.98. The van der Waals surface area contributed by atoms with E-state index < -0.39 is 35.6 Å². The summed E-state index contributed by atoms with van der Waals surface area (Å²) in [5.74, 6) is 0.396. The summed E-state index contributed by atoms with van der Waals surface area (Å²) in [6, 6.07) is 4.02. The lowest BCUT2D eigenvalue weighted by Gasteiger charge is -2.39. The lowest BCUT2D eigenvalue weighted by molar-refractivity contribution is -0.143. The predicted molar refractivity (Wildman–Crippen MR) is 163 cm³/mol. The van der Waals surface area contributed by atoms with E-state index in [2.05, 4.69) is 32.9 Å². The number of hydrogen-bond donors (Lipinski definition) is 2. The molecule has 0 fully saturated rings. The number of nitrogens with one attached hydrogen (secondary N) is 1. The predicted octanol–water partition coefficient (Wildman–Crippen LogP) is 8.06. The Balaban J connectivity index is 1.76. The Morgan fingerprint density at radius 3 is 2.33 bits per heavy atom. The van der Waals surface area contributed by atoms with Crippen LogP contribution in [0.2, 0.25) is 0 Å². The maximum absolute atomic E-state index is 13.6. The second-order valence-electron chi connectivity index (χ2n) is 11.0. The molecule has 0 saturated carbocycles. The van der Waals surface area contributed by atoms with Crippen molar-refractivity contribution < 1.29 is 40.6 Å². The number of halogens is 6. The molecule has 0 spiro atoms. The molecule has 0 bridgehead atoms. The highest BCUT2D eigenvalue weighted by atomic mass is 32.1. The van der Waals surface area contributed by atoms with Crippen LogP contribution in [0.15, 0.2) is 36.5 Å². The van der Waals surface area contributed by atoms with Gasteiger partial charge in [-0.1, -0.05) is 13.8 Å². The summed E-state index contributed by atoms with van der Waals surface area (Å²) < 4.78 is 92.1. The van der Waals surface area contributed by atoms with E-state index in [0.29, 0.717) is 60.6 Å². The number of anilines is 2. The summed E-state index contributed by atoms with van der Waals surface area (Å²) in [5.41, 5.74) is -1.19. The number of fused-ring (bicyclic) bond motifs is 1. The molecule has 1 N–H and O–H groups in total. The molecule has 15 heteroatoms. The first kappa shape index (κ1) is 35.1. The van der Waals surface area contributed by atoms with E-state index in [-0.39, 0.29) is 47.6 Å². The summed E-state index contributed by atoms with van der Waals surface area (Å²) in [6.45, 7) is 5.68. The summed E-state index contributed by atoms with van der Waals surface area (Å²) in [7, 11) is 1.45. The Hall–Kier alpha value is -3.75. The number of aromatic nitrogens is 3. The fraction of sp³-hybridized carbons (Fsp3) is 0.484. The van der Waals surface area contributed by atoms with Crippen LogP contribution in [0.4, 0.5) is 42.8 Å². The maximum Gasteiger partial charge on any atom is 0.416 e. The van der Waals surface area contributed by atoms with Gasteiger partial charge in [-0.3, -0.25) is 4.90 Å². The molecule has 3 heterocycles. The first-order valence-electron chi connectivity index (χ1n) is 14.7. The van der Waals surface area contributed by atoms with Gasteiger partial charge in [0, 0.05) is 24.7 Å². The summed E-state index contributed by atoms with van der Waals surface area (Å²) >= 11 is 4.40. The van der Waals surface area contributed by atoms with Crippen LogP contribution in [0.3, 0.4) is 0 Å². The second kappa shape index (κ2) is 14.3. The Morgan fingerprint density at radius 1 is 1.09 bits per heavy atom. The van der Waals surface area contributed by atoms with E-state index >= 15 is 0 Å². The molecule has 3 atom stereocenters. The van der Waals surface area contributed by atoms with Gasteiger partial charge >= 0.3 is 18.4 Å². The third-order valence-corrected chi connectivity index (χ3v) is 7.85. The average molecular weight is 672 g/mol. The van der Waals surface area contributed by atoms with Gasteiger partial charge in [0.25, 0.3) is 0 Å². The first-order valence-corrected chi connectivity index (χ1v) is 15.2. The fourth-order valence-electron chi connectivity index (χ4n) is 5.33. The highest BCUT2D eigenvalue weighted by molar-refractivity contribution is 7.80. The van der Waals surface area contributed by atoms with Crippen molar-refractivity contribution in [3.8, 4) is 5.88 Å². The van der Waals surface area contributed by atoms with Crippen LogP contribution in [0.5, 0.6) is 5.88 Å². The smallest absolute Gasteiger partial charge is 0.416 e. The molecule has 1 aliphatic heterocycles. The molecular formula is C31H35F6N5O3S. The van der Waals surface area contributed by atoms with Gasteiger partial charge in [-0.2, -0.15) is 39.0 Å². The normalized spacial score (nSPS) is 17.3. The molecule has 46 heavy (non-hydrogen) atoms. The number of carbonyl (C=O) groups excluding carboxylic acids is 1. The molecule has 250 valence electrons. The van der Waals surface area contributed by atoms with E-state index in [1.54, 1.807) is 24.0 Å². The van der Waals surface area contributed by atoms with E-state index in [1.165, 1.54) is 13.3 Å². The van der Waals surface area contributed by atoms with E-state index in [0.717, 1.165) is 0 Å². The largest absolute Gasteiger partial charge is 0.481 e. The topological polar surface area (TPSA) is 89.5 Å². The molecule has 1 aromatic carbocycles. The van der Waals surface area contributed by atoms with Gasteiger partial charge in [0.15, 0.2) is 0 Å². The molecule has 0 aliphatic carbocycles. The number of methoxy groups -OCH3 is 1. The molecule has 0 radical (unpaired) electrons. The fourth-order valence-corrected chi connectivity index (χ4v) is 5.46. The molecule has 4 rings (SSSR count). The van der Waals surface area contributed by atoms with Gasteiger partial charge in [-0.05, 0) is 73.2 Å². The lowest BCUT2D eigenvalue weighted by atomic mass is 9.93. The molecule has 1 unspecified atom stereocenters. The van der Waals surface area contributed by atoms with Gasteiger partial charge in [-0.15, -0.1) is 0 Å². The monoisotopic (exact) mass is 671 g/mol. The number of carbonyl (C=O) groups is 1. The number of aryl methyl sites for hydroxylation is 1. The van der Waals surface area contributed by atoms with Crippen molar-refractivity contribution in [1.29, 1.82) is 0 Å². The lowest BCUT2D eigenvalue weighted by Crippen LogP contribution is -2.46. The van der Waals surface area contributed by atoms with Gasteiger partial charge in [-0.25, -0.2) is 19.7 Å². The van der Waals surface area contributed by atoms with Crippen LogP contribution in [-0.4, -0.2) is 46.1 Å².